The van der Waals surface area contributed by atoms with Crippen LogP contribution in [-0.4, -0.2) is 13.1 Å². The normalized spacial score (nSPS) is 14.9. The first-order chi connectivity index (χ1) is 6.45. The van der Waals surface area contributed by atoms with Gasteiger partial charge >= 0.3 is 5.97 Å². The Morgan fingerprint density at radius 2 is 2.43 bits per heavy atom. The fraction of sp³-hybridized carbons (Fsp3) is 0.444. The number of halogens is 1. The molecule has 0 aliphatic carbocycles. The lowest BCUT2D eigenvalue weighted by Gasteiger charge is -2.21. The molecule has 3 nitrogen and oxygen atoms in total. The zero-order valence-electron chi connectivity index (χ0n) is 8.04. The van der Waals surface area contributed by atoms with Crippen LogP contribution in [0.5, 0.6) is 0 Å². The van der Waals surface area contributed by atoms with E-state index >= 15 is 0 Å². The molecule has 0 spiro atoms. The Hall–Kier alpha value is -0.390. The van der Waals surface area contributed by atoms with Crippen LogP contribution in [-0.2, 0) is 15.1 Å². The summed E-state index contributed by atoms with van der Waals surface area (Å²) in [6.07, 6.45) is 0.191. The summed E-state index contributed by atoms with van der Waals surface area (Å²) in [5.41, 5.74) is 5.37. The molecular weight excluding hydrogens is 266 g/mol. The van der Waals surface area contributed by atoms with Gasteiger partial charge in [-0.3, -0.25) is 4.79 Å². The Morgan fingerprint density at radius 3 is 2.86 bits per heavy atom. The second-order valence-corrected chi connectivity index (χ2v) is 5.13. The fourth-order valence-corrected chi connectivity index (χ4v) is 2.58. The molecule has 2 N–H and O–H groups in total. The van der Waals surface area contributed by atoms with Crippen molar-refractivity contribution in [1.82, 2.24) is 0 Å². The van der Waals surface area contributed by atoms with Gasteiger partial charge in [0.05, 0.1) is 19.1 Å². The van der Waals surface area contributed by atoms with Crippen molar-refractivity contribution in [3.05, 3.63) is 20.8 Å². The molecule has 0 aliphatic rings. The topological polar surface area (TPSA) is 52.3 Å². The van der Waals surface area contributed by atoms with Crippen LogP contribution in [0, 0.1) is 0 Å². The highest BCUT2D eigenvalue weighted by atomic mass is 79.9. The molecule has 0 fully saturated rings. The number of ether oxygens (including phenoxy) is 1. The number of carbonyl (C=O) groups excluding carboxylic acids is 1. The molecule has 0 aromatic carbocycles. The molecule has 5 heteroatoms. The maximum absolute atomic E-state index is 11.1. The summed E-state index contributed by atoms with van der Waals surface area (Å²) in [6.45, 7) is 1.82. The highest BCUT2D eigenvalue weighted by Gasteiger charge is 2.26. The highest BCUT2D eigenvalue weighted by molar-refractivity contribution is 9.10. The SMILES string of the molecule is COC(=O)C[C@@](C)(N)c1cc(Br)cs1. The monoisotopic (exact) mass is 277 g/mol. The summed E-state index contributed by atoms with van der Waals surface area (Å²) >= 11 is 4.88. The second kappa shape index (κ2) is 4.42. The number of thiophene rings is 1. The zero-order valence-corrected chi connectivity index (χ0v) is 10.4. The van der Waals surface area contributed by atoms with E-state index < -0.39 is 5.54 Å². The van der Waals surface area contributed by atoms with E-state index in [1.165, 1.54) is 18.4 Å². The highest BCUT2D eigenvalue weighted by Crippen LogP contribution is 2.30. The van der Waals surface area contributed by atoms with Crippen LogP contribution in [0.15, 0.2) is 15.9 Å². The van der Waals surface area contributed by atoms with Gasteiger partial charge in [-0.2, -0.15) is 0 Å². The summed E-state index contributed by atoms with van der Waals surface area (Å²) in [5.74, 6) is -0.292. The van der Waals surface area contributed by atoms with Gasteiger partial charge in [-0.1, -0.05) is 0 Å². The van der Waals surface area contributed by atoms with Crippen LogP contribution in [0.25, 0.3) is 0 Å². The first kappa shape index (κ1) is 11.7. The van der Waals surface area contributed by atoms with E-state index in [1.54, 1.807) is 0 Å². The van der Waals surface area contributed by atoms with Crippen molar-refractivity contribution in [3.63, 3.8) is 0 Å². The molecule has 0 bridgehead atoms. The second-order valence-electron chi connectivity index (χ2n) is 3.30. The van der Waals surface area contributed by atoms with Gasteiger partial charge in [-0.25, -0.2) is 0 Å². The molecule has 1 aromatic rings. The number of rotatable bonds is 3. The van der Waals surface area contributed by atoms with E-state index in [4.69, 9.17) is 5.73 Å². The minimum Gasteiger partial charge on any atom is -0.469 e. The van der Waals surface area contributed by atoms with Gasteiger partial charge in [0, 0.05) is 14.7 Å². The molecule has 0 unspecified atom stereocenters. The van der Waals surface area contributed by atoms with Crippen molar-refractivity contribution in [2.24, 2.45) is 5.73 Å². The molecule has 1 rings (SSSR count). The molecule has 1 heterocycles. The molecule has 0 radical (unpaired) electrons. The molecule has 0 aliphatic heterocycles. The van der Waals surface area contributed by atoms with Crippen molar-refractivity contribution in [2.45, 2.75) is 18.9 Å². The quantitative estimate of drug-likeness (QED) is 0.863. The molecule has 1 atom stereocenters. The van der Waals surface area contributed by atoms with Crippen molar-refractivity contribution >= 4 is 33.2 Å². The lowest BCUT2D eigenvalue weighted by Crippen LogP contribution is -2.35. The summed E-state index contributed by atoms with van der Waals surface area (Å²) in [5, 5.41) is 1.94. The van der Waals surface area contributed by atoms with Crippen LogP contribution in [0.2, 0.25) is 0 Å². The van der Waals surface area contributed by atoms with Crippen molar-refractivity contribution in [1.29, 1.82) is 0 Å². The average Bonchev–Trinajstić information content (AvgIpc) is 2.51. The Labute approximate surface area is 95.4 Å². The number of carbonyl (C=O) groups is 1. The average molecular weight is 278 g/mol. The van der Waals surface area contributed by atoms with Gasteiger partial charge in [0.25, 0.3) is 0 Å². The number of hydrogen-bond donors (Lipinski definition) is 1. The van der Waals surface area contributed by atoms with Crippen LogP contribution in [0.4, 0.5) is 0 Å². The minimum atomic E-state index is -0.649. The number of methoxy groups -OCH3 is 1. The Bertz CT molecular complexity index is 335. The molecule has 0 saturated carbocycles. The van der Waals surface area contributed by atoms with Crippen LogP contribution in [0.3, 0.4) is 0 Å². The van der Waals surface area contributed by atoms with Gasteiger partial charge in [0.2, 0.25) is 0 Å². The first-order valence-electron chi connectivity index (χ1n) is 4.06. The van der Waals surface area contributed by atoms with Crippen molar-refractivity contribution in [3.8, 4) is 0 Å². The summed E-state index contributed by atoms with van der Waals surface area (Å²) in [7, 11) is 1.36. The van der Waals surface area contributed by atoms with Gasteiger partial charge in [0.15, 0.2) is 0 Å². The Kier molecular flexibility index (Phi) is 3.69. The van der Waals surface area contributed by atoms with E-state index in [0.717, 1.165) is 9.35 Å². The van der Waals surface area contributed by atoms with Gasteiger partial charge in [0.1, 0.15) is 0 Å². The van der Waals surface area contributed by atoms with E-state index in [2.05, 4.69) is 20.7 Å². The molecule has 0 saturated heterocycles. The van der Waals surface area contributed by atoms with Gasteiger partial charge < -0.3 is 10.5 Å². The van der Waals surface area contributed by atoms with Crippen molar-refractivity contribution in [2.75, 3.05) is 7.11 Å². The maximum atomic E-state index is 11.1. The number of hydrogen-bond acceptors (Lipinski definition) is 4. The predicted octanol–water partition coefficient (Wildman–Crippen LogP) is 2.25. The summed E-state index contributed by atoms with van der Waals surface area (Å²) < 4.78 is 5.57. The molecule has 1 aromatic heterocycles. The Balaban J connectivity index is 2.79. The minimum absolute atomic E-state index is 0.191. The first-order valence-corrected chi connectivity index (χ1v) is 5.73. The van der Waals surface area contributed by atoms with Gasteiger partial charge in [-0.15, -0.1) is 11.3 Å². The van der Waals surface area contributed by atoms with Crippen molar-refractivity contribution < 1.29 is 9.53 Å². The third kappa shape index (κ3) is 2.80. The summed E-state index contributed by atoms with van der Waals surface area (Å²) in [6, 6.07) is 1.92. The molecular formula is C9H12BrNO2S. The maximum Gasteiger partial charge on any atom is 0.307 e. The van der Waals surface area contributed by atoms with Crippen LogP contribution >= 0.6 is 27.3 Å². The largest absolute Gasteiger partial charge is 0.469 e. The van der Waals surface area contributed by atoms with Crippen LogP contribution < -0.4 is 5.73 Å². The molecule has 0 amide bonds. The van der Waals surface area contributed by atoms with Crippen LogP contribution in [0.1, 0.15) is 18.2 Å². The Morgan fingerprint density at radius 1 is 1.79 bits per heavy atom. The third-order valence-electron chi connectivity index (χ3n) is 1.87. The lowest BCUT2D eigenvalue weighted by molar-refractivity contribution is -0.141. The fourth-order valence-electron chi connectivity index (χ4n) is 1.07. The van der Waals surface area contributed by atoms with E-state index in [0.29, 0.717) is 0 Å². The lowest BCUT2D eigenvalue weighted by atomic mass is 9.97. The van der Waals surface area contributed by atoms with E-state index in [9.17, 15) is 4.79 Å². The van der Waals surface area contributed by atoms with E-state index in [-0.39, 0.29) is 12.4 Å². The smallest absolute Gasteiger partial charge is 0.307 e. The molecule has 14 heavy (non-hydrogen) atoms. The predicted molar refractivity (Wildman–Crippen MR) is 60.2 cm³/mol. The number of nitrogens with two attached hydrogens (primary N) is 1. The molecule has 78 valence electrons. The number of esters is 1. The van der Waals surface area contributed by atoms with E-state index in [1.807, 2.05) is 18.4 Å². The van der Waals surface area contributed by atoms with Gasteiger partial charge in [-0.05, 0) is 28.9 Å². The zero-order chi connectivity index (χ0) is 10.8. The summed E-state index contributed by atoms with van der Waals surface area (Å²) in [4.78, 5) is 12.1. The standard InChI is InChI=1S/C9H12BrNO2S/c1-9(11,4-8(12)13-2)7-3-6(10)5-14-7/h3,5H,4,11H2,1-2H3/t9-/m1/s1. The third-order valence-corrected chi connectivity index (χ3v) is 3.84.